The van der Waals surface area contributed by atoms with Gasteiger partial charge in [-0.3, -0.25) is 10.1 Å². The van der Waals surface area contributed by atoms with Gasteiger partial charge in [0.25, 0.3) is 5.91 Å². The molecule has 0 fully saturated rings. The van der Waals surface area contributed by atoms with Crippen molar-refractivity contribution >= 4 is 28.1 Å². The fraction of sp³-hybridized carbons (Fsp3) is 0.421. The standard InChI is InChI=1S/C19H21N3O2S/c1-2-12-8-9-14-17(10-12)25-19(20-14)21-18(23)15-11-16(24-22-15)13-6-4-3-5-7-13/h3-7,12,16H,2,8-11H2,1H3,(H,20,21,23). The van der Waals surface area contributed by atoms with Crippen LogP contribution in [0.15, 0.2) is 35.5 Å². The first kappa shape index (κ1) is 16.3. The van der Waals surface area contributed by atoms with Crippen LogP contribution in [-0.2, 0) is 22.5 Å². The van der Waals surface area contributed by atoms with Crippen molar-refractivity contribution in [1.29, 1.82) is 0 Å². The quantitative estimate of drug-likeness (QED) is 0.897. The van der Waals surface area contributed by atoms with E-state index in [-0.39, 0.29) is 12.0 Å². The number of fused-ring (bicyclic) bond motifs is 1. The van der Waals surface area contributed by atoms with Crippen LogP contribution in [0.25, 0.3) is 0 Å². The Morgan fingerprint density at radius 2 is 2.16 bits per heavy atom. The third-order valence-electron chi connectivity index (χ3n) is 4.94. The molecule has 2 aromatic rings. The molecule has 1 aromatic heterocycles. The molecule has 0 radical (unpaired) electrons. The zero-order chi connectivity index (χ0) is 17.2. The first-order chi connectivity index (χ1) is 12.2. The summed E-state index contributed by atoms with van der Waals surface area (Å²) in [5.74, 6) is 0.535. The van der Waals surface area contributed by atoms with Crippen LogP contribution in [0.1, 0.15) is 48.4 Å². The number of nitrogens with zero attached hydrogens (tertiary/aromatic N) is 2. The Morgan fingerprint density at radius 3 is 2.96 bits per heavy atom. The second-order valence-corrected chi connectivity index (χ2v) is 7.69. The SMILES string of the molecule is CCC1CCc2nc(NC(=O)C3=NOC(c4ccccc4)C3)sc2C1. The van der Waals surface area contributed by atoms with Gasteiger partial charge in [-0.15, -0.1) is 11.3 Å². The maximum Gasteiger partial charge on any atom is 0.275 e. The van der Waals surface area contributed by atoms with Crippen LogP contribution in [-0.4, -0.2) is 16.6 Å². The molecule has 0 bridgehead atoms. The lowest BCUT2D eigenvalue weighted by atomic mass is 9.89. The minimum absolute atomic E-state index is 0.184. The summed E-state index contributed by atoms with van der Waals surface area (Å²) in [6.07, 6.45) is 4.80. The molecular formula is C19H21N3O2S. The molecule has 6 heteroatoms. The van der Waals surface area contributed by atoms with Gasteiger partial charge in [-0.1, -0.05) is 48.8 Å². The Bertz CT molecular complexity index is 800. The number of amides is 1. The largest absolute Gasteiger partial charge is 0.387 e. The molecule has 0 saturated carbocycles. The fourth-order valence-corrected chi connectivity index (χ4v) is 4.49. The molecule has 4 rings (SSSR count). The molecule has 2 heterocycles. The zero-order valence-electron chi connectivity index (χ0n) is 14.2. The highest BCUT2D eigenvalue weighted by molar-refractivity contribution is 7.16. The molecule has 130 valence electrons. The van der Waals surface area contributed by atoms with Crippen molar-refractivity contribution in [3.63, 3.8) is 0 Å². The van der Waals surface area contributed by atoms with E-state index in [2.05, 4.69) is 22.4 Å². The first-order valence-corrected chi connectivity index (χ1v) is 9.62. The van der Waals surface area contributed by atoms with Gasteiger partial charge in [0, 0.05) is 11.3 Å². The molecule has 25 heavy (non-hydrogen) atoms. The van der Waals surface area contributed by atoms with E-state index in [1.807, 2.05) is 30.3 Å². The minimum Gasteiger partial charge on any atom is -0.387 e. The van der Waals surface area contributed by atoms with Crippen molar-refractivity contribution in [2.75, 3.05) is 5.32 Å². The topological polar surface area (TPSA) is 63.6 Å². The highest BCUT2D eigenvalue weighted by Crippen LogP contribution is 2.34. The van der Waals surface area contributed by atoms with Crippen LogP contribution in [0.2, 0.25) is 0 Å². The van der Waals surface area contributed by atoms with Crippen LogP contribution >= 0.6 is 11.3 Å². The van der Waals surface area contributed by atoms with Crippen molar-refractivity contribution < 1.29 is 9.63 Å². The molecule has 1 aromatic carbocycles. The number of hydrogen-bond donors (Lipinski definition) is 1. The Balaban J connectivity index is 1.39. The number of nitrogens with one attached hydrogen (secondary N) is 1. The van der Waals surface area contributed by atoms with E-state index in [0.29, 0.717) is 17.3 Å². The average Bonchev–Trinajstić information content (AvgIpc) is 3.28. The lowest BCUT2D eigenvalue weighted by molar-refractivity contribution is -0.110. The van der Waals surface area contributed by atoms with Crippen LogP contribution in [0.3, 0.4) is 0 Å². The minimum atomic E-state index is -0.212. The summed E-state index contributed by atoms with van der Waals surface area (Å²) in [6, 6.07) is 9.85. The lowest BCUT2D eigenvalue weighted by Gasteiger charge is -2.18. The molecule has 1 N–H and O–H groups in total. The normalized spacial score (nSPS) is 22.0. The van der Waals surface area contributed by atoms with Gasteiger partial charge in [0.2, 0.25) is 0 Å². The predicted octanol–water partition coefficient (Wildman–Crippen LogP) is 4.11. The van der Waals surface area contributed by atoms with Gasteiger partial charge in [0.05, 0.1) is 5.69 Å². The zero-order valence-corrected chi connectivity index (χ0v) is 15.0. The summed E-state index contributed by atoms with van der Waals surface area (Å²) in [4.78, 5) is 23.8. The number of hydrogen-bond acceptors (Lipinski definition) is 5. The average molecular weight is 355 g/mol. The lowest BCUT2D eigenvalue weighted by Crippen LogP contribution is -2.21. The molecule has 2 aliphatic rings. The van der Waals surface area contributed by atoms with E-state index in [9.17, 15) is 4.79 Å². The van der Waals surface area contributed by atoms with Gasteiger partial charge in [0.15, 0.2) is 11.2 Å². The van der Waals surface area contributed by atoms with Gasteiger partial charge in [0.1, 0.15) is 5.71 Å². The summed E-state index contributed by atoms with van der Waals surface area (Å²) in [6.45, 7) is 2.24. The number of carbonyl (C=O) groups excluding carboxylic acids is 1. The van der Waals surface area contributed by atoms with Crippen molar-refractivity contribution in [3.8, 4) is 0 Å². The Morgan fingerprint density at radius 1 is 1.32 bits per heavy atom. The summed E-state index contributed by atoms with van der Waals surface area (Å²) in [5.41, 5.74) is 2.61. The number of benzene rings is 1. The van der Waals surface area contributed by atoms with Gasteiger partial charge >= 0.3 is 0 Å². The van der Waals surface area contributed by atoms with Crippen LogP contribution in [0.4, 0.5) is 5.13 Å². The number of thiazole rings is 1. The summed E-state index contributed by atoms with van der Waals surface area (Å²) in [5, 5.41) is 7.56. The predicted molar refractivity (Wildman–Crippen MR) is 98.9 cm³/mol. The van der Waals surface area contributed by atoms with Gasteiger partial charge in [-0.05, 0) is 30.7 Å². The number of anilines is 1. The van der Waals surface area contributed by atoms with Gasteiger partial charge in [-0.2, -0.15) is 0 Å². The van der Waals surface area contributed by atoms with Crippen LogP contribution in [0, 0.1) is 5.92 Å². The Labute approximate surface area is 151 Å². The third kappa shape index (κ3) is 3.44. The molecule has 1 aliphatic heterocycles. The third-order valence-corrected chi connectivity index (χ3v) is 5.98. The highest BCUT2D eigenvalue weighted by Gasteiger charge is 2.28. The second kappa shape index (κ2) is 6.96. The van der Waals surface area contributed by atoms with Crippen molar-refractivity contribution in [1.82, 2.24) is 4.98 Å². The Kier molecular flexibility index (Phi) is 4.53. The number of oxime groups is 1. The number of aryl methyl sites for hydroxylation is 1. The fourth-order valence-electron chi connectivity index (χ4n) is 3.37. The Hall–Kier alpha value is -2.21. The maximum absolute atomic E-state index is 12.5. The molecule has 2 atom stereocenters. The van der Waals surface area contributed by atoms with E-state index < -0.39 is 0 Å². The first-order valence-electron chi connectivity index (χ1n) is 8.80. The van der Waals surface area contributed by atoms with E-state index in [1.54, 1.807) is 11.3 Å². The van der Waals surface area contributed by atoms with Gasteiger partial charge in [-0.25, -0.2) is 4.98 Å². The summed E-state index contributed by atoms with van der Waals surface area (Å²) >= 11 is 1.60. The molecule has 0 spiro atoms. The molecule has 1 aliphatic carbocycles. The van der Waals surface area contributed by atoms with Crippen molar-refractivity contribution in [2.24, 2.45) is 11.1 Å². The smallest absolute Gasteiger partial charge is 0.275 e. The monoisotopic (exact) mass is 355 g/mol. The number of aromatic nitrogens is 1. The molecule has 2 unspecified atom stereocenters. The van der Waals surface area contributed by atoms with E-state index in [0.717, 1.165) is 30.0 Å². The molecule has 1 amide bonds. The summed E-state index contributed by atoms with van der Waals surface area (Å²) in [7, 11) is 0. The van der Waals surface area contributed by atoms with Crippen molar-refractivity contribution in [2.45, 2.75) is 45.1 Å². The summed E-state index contributed by atoms with van der Waals surface area (Å²) < 4.78 is 0. The maximum atomic E-state index is 12.5. The second-order valence-electron chi connectivity index (χ2n) is 6.61. The highest BCUT2D eigenvalue weighted by atomic mass is 32.1. The van der Waals surface area contributed by atoms with Crippen LogP contribution < -0.4 is 5.32 Å². The van der Waals surface area contributed by atoms with Crippen molar-refractivity contribution in [3.05, 3.63) is 46.5 Å². The van der Waals surface area contributed by atoms with Gasteiger partial charge < -0.3 is 4.84 Å². The van der Waals surface area contributed by atoms with E-state index in [1.165, 1.54) is 17.7 Å². The number of carbonyl (C=O) groups is 1. The molecular weight excluding hydrogens is 334 g/mol. The van der Waals surface area contributed by atoms with E-state index in [4.69, 9.17) is 4.84 Å². The molecule has 0 saturated heterocycles. The van der Waals surface area contributed by atoms with Crippen LogP contribution in [0.5, 0.6) is 0 Å². The van der Waals surface area contributed by atoms with E-state index >= 15 is 0 Å². The molecule has 5 nitrogen and oxygen atoms in total. The number of rotatable bonds is 4.